The Morgan fingerprint density at radius 3 is 1.05 bits per heavy atom. The van der Waals surface area contributed by atoms with Gasteiger partial charge in [-0.15, -0.1) is 0 Å². The van der Waals surface area contributed by atoms with E-state index < -0.39 is 30.2 Å². The van der Waals surface area contributed by atoms with Gasteiger partial charge in [-0.2, -0.15) is 0 Å². The van der Waals surface area contributed by atoms with Crippen molar-refractivity contribution in [3.63, 3.8) is 0 Å². The van der Waals surface area contributed by atoms with Crippen LogP contribution in [0.2, 0.25) is 0 Å². The molecule has 0 saturated heterocycles. The van der Waals surface area contributed by atoms with Gasteiger partial charge in [0, 0.05) is 0 Å². The van der Waals surface area contributed by atoms with Gasteiger partial charge < -0.3 is 0 Å². The number of phenols is 2. The van der Waals surface area contributed by atoms with Crippen LogP contribution in [0.4, 0.5) is 0 Å². The number of rotatable bonds is 7. The topological polar surface area (TPSA) is 93.1 Å². The summed E-state index contributed by atoms with van der Waals surface area (Å²) >= 11 is -6.27. The molecule has 0 atom stereocenters. The fourth-order valence-corrected chi connectivity index (χ4v) is 17.7. The van der Waals surface area contributed by atoms with Gasteiger partial charge in [-0.05, 0) is 0 Å². The summed E-state index contributed by atoms with van der Waals surface area (Å²) in [5, 5.41) is 21.3. The Hall–Kier alpha value is -4.54. The Kier molecular flexibility index (Phi) is 7.85. The van der Waals surface area contributed by atoms with Crippen molar-refractivity contribution in [3.05, 3.63) is 149 Å². The number of hydrogen-bond acceptors (Lipinski definition) is 6. The zero-order valence-electron chi connectivity index (χ0n) is 23.5. The summed E-state index contributed by atoms with van der Waals surface area (Å²) in [7, 11) is 0. The van der Waals surface area contributed by atoms with Gasteiger partial charge in [0.25, 0.3) is 0 Å². The molecule has 0 aliphatic rings. The van der Waals surface area contributed by atoms with Crippen LogP contribution in [-0.4, -0.2) is 40.4 Å². The van der Waals surface area contributed by atoms with Crippen molar-refractivity contribution >= 4 is 40.7 Å². The molecule has 0 amide bonds. The summed E-state index contributed by atoms with van der Waals surface area (Å²) in [5.74, 6) is -2.22. The Morgan fingerprint density at radius 2 is 0.762 bits per heavy atom. The number of hydrogen-bond donors (Lipinski definition) is 2. The average Bonchev–Trinajstić information content (AvgIpc) is 2.98. The third-order valence-corrected chi connectivity index (χ3v) is 20.8. The monoisotopic (exact) mass is 668 g/mol. The number of carbonyl (C=O) groups excluding carboxylic acids is 2. The van der Waals surface area contributed by atoms with E-state index in [1.807, 2.05) is 93.6 Å². The van der Waals surface area contributed by atoms with Crippen LogP contribution in [0.5, 0.6) is 11.5 Å². The number of para-hydroxylation sites is 2. The molecule has 5 aromatic carbocycles. The third kappa shape index (κ3) is 5.03. The van der Waals surface area contributed by atoms with E-state index >= 15 is 0 Å². The standard InChI is InChI=1S/2C7H6O3.3C7H7.Sb/c2*8-6-4-2-1-3-5(6)7(9)10;3*1-7-5-3-2-4-6-7;/h2*1-4,8H,(H,9,10);3*3-6H,1H3;/q;;;;;+2/p-2. The minimum atomic E-state index is -6.27. The van der Waals surface area contributed by atoms with E-state index in [1.54, 1.807) is 24.3 Å². The summed E-state index contributed by atoms with van der Waals surface area (Å²) in [6.07, 6.45) is 0. The molecule has 2 N–H and O–H groups in total. The molecule has 0 unspecified atom stereocenters. The number of aromatic hydroxyl groups is 2. The first-order chi connectivity index (χ1) is 20.1. The maximum atomic E-state index is 14.2. The van der Waals surface area contributed by atoms with Gasteiger partial charge in [0.1, 0.15) is 0 Å². The van der Waals surface area contributed by atoms with Crippen LogP contribution in [0.3, 0.4) is 0 Å². The molecule has 0 aliphatic carbocycles. The van der Waals surface area contributed by atoms with Crippen LogP contribution in [-0.2, 0) is 6.03 Å². The van der Waals surface area contributed by atoms with Gasteiger partial charge in [-0.1, -0.05) is 0 Å². The normalized spacial score (nSPS) is 12.1. The maximum absolute atomic E-state index is 14.2. The first-order valence-electron chi connectivity index (χ1n) is 13.4. The van der Waals surface area contributed by atoms with Crippen molar-refractivity contribution in [1.29, 1.82) is 0 Å². The molecular weight excluding hydrogens is 638 g/mol. The molecule has 6 nitrogen and oxygen atoms in total. The average molecular weight is 669 g/mol. The molecule has 0 spiro atoms. The van der Waals surface area contributed by atoms with E-state index in [4.69, 9.17) is 6.03 Å². The van der Waals surface area contributed by atoms with Crippen LogP contribution in [0.15, 0.2) is 121 Å². The summed E-state index contributed by atoms with van der Waals surface area (Å²) in [5.41, 5.74) is 2.74. The number of carbonyl (C=O) groups is 2. The van der Waals surface area contributed by atoms with Gasteiger partial charge >= 0.3 is 248 Å². The molecule has 5 aromatic rings. The van der Waals surface area contributed by atoms with E-state index in [-0.39, 0.29) is 22.6 Å². The second-order valence-electron chi connectivity index (χ2n) is 10.3. The molecule has 0 bridgehead atoms. The van der Waals surface area contributed by atoms with Gasteiger partial charge in [0.15, 0.2) is 0 Å². The van der Waals surface area contributed by atoms with Crippen LogP contribution >= 0.6 is 0 Å². The Bertz CT molecular complexity index is 1580. The van der Waals surface area contributed by atoms with Gasteiger partial charge in [0.2, 0.25) is 0 Å². The van der Waals surface area contributed by atoms with Gasteiger partial charge in [0.05, 0.1) is 0 Å². The van der Waals surface area contributed by atoms with Crippen molar-refractivity contribution in [2.45, 2.75) is 20.8 Å². The van der Waals surface area contributed by atoms with E-state index in [0.29, 0.717) is 10.5 Å². The summed E-state index contributed by atoms with van der Waals surface area (Å²) in [6.45, 7) is 5.81. The number of aryl methyl sites for hydroxylation is 3. The molecule has 5 rings (SSSR count). The molecule has 0 fully saturated rings. The van der Waals surface area contributed by atoms with Crippen molar-refractivity contribution in [3.8, 4) is 11.5 Å². The van der Waals surface area contributed by atoms with Crippen molar-refractivity contribution in [2.75, 3.05) is 0 Å². The van der Waals surface area contributed by atoms with E-state index in [1.165, 1.54) is 24.3 Å². The molecule has 42 heavy (non-hydrogen) atoms. The second kappa shape index (κ2) is 11.4. The predicted molar refractivity (Wildman–Crippen MR) is 165 cm³/mol. The Morgan fingerprint density at radius 1 is 0.476 bits per heavy atom. The van der Waals surface area contributed by atoms with E-state index in [0.717, 1.165) is 16.7 Å². The fourth-order valence-electron chi connectivity index (χ4n) is 4.94. The molecule has 7 heteroatoms. The SMILES string of the molecule is Cc1cc[c]([Sb]([O]C(=O)c2ccccc2O)([O]C(=O)c2ccccc2O)([c]2ccc(C)cc2)[c]2ccc(C)cc2)cc1. The number of benzene rings is 5. The van der Waals surface area contributed by atoms with E-state index in [2.05, 4.69) is 0 Å². The van der Waals surface area contributed by atoms with Crippen LogP contribution in [0.25, 0.3) is 0 Å². The van der Waals surface area contributed by atoms with Crippen LogP contribution < -0.4 is 10.5 Å². The molecular formula is C35H31O6Sb. The first kappa shape index (κ1) is 29.0. The molecule has 0 heterocycles. The summed E-state index contributed by atoms with van der Waals surface area (Å²) < 4.78 is 15.1. The minimum absolute atomic E-state index is 0.0688. The third-order valence-electron chi connectivity index (χ3n) is 7.27. The zero-order chi connectivity index (χ0) is 29.9. The number of phenolic OH excluding ortho intramolecular Hbond substituents is 2. The van der Waals surface area contributed by atoms with Crippen molar-refractivity contribution < 1.29 is 25.8 Å². The van der Waals surface area contributed by atoms with Crippen molar-refractivity contribution in [2.24, 2.45) is 0 Å². The molecule has 0 aromatic heterocycles. The van der Waals surface area contributed by atoms with Gasteiger partial charge in [-0.3, -0.25) is 0 Å². The molecule has 0 aliphatic heterocycles. The molecule has 0 saturated carbocycles. The zero-order valence-corrected chi connectivity index (χ0v) is 26.1. The van der Waals surface area contributed by atoms with Crippen LogP contribution in [0, 0.1) is 20.8 Å². The van der Waals surface area contributed by atoms with Gasteiger partial charge in [-0.25, -0.2) is 0 Å². The molecule has 0 radical (unpaired) electrons. The summed E-state index contributed by atoms with van der Waals surface area (Å²) in [4.78, 5) is 28.4. The second-order valence-corrected chi connectivity index (χ2v) is 21.2. The van der Waals surface area contributed by atoms with Crippen molar-refractivity contribution in [1.82, 2.24) is 0 Å². The van der Waals surface area contributed by atoms with Crippen LogP contribution in [0.1, 0.15) is 37.4 Å². The Balaban J connectivity index is 1.94. The first-order valence-corrected chi connectivity index (χ1v) is 19.3. The summed E-state index contributed by atoms with van der Waals surface area (Å²) in [6, 6.07) is 34.4. The molecule has 212 valence electrons. The quantitative estimate of drug-likeness (QED) is 0.233. The fraction of sp³-hybridized carbons (Fsp3) is 0.0857. The van der Waals surface area contributed by atoms with E-state index in [9.17, 15) is 19.8 Å². The predicted octanol–water partition coefficient (Wildman–Crippen LogP) is 5.15. The Labute approximate surface area is 247 Å².